The van der Waals surface area contributed by atoms with Gasteiger partial charge in [0.15, 0.2) is 0 Å². The summed E-state index contributed by atoms with van der Waals surface area (Å²) in [7, 11) is 0. The number of thiophene rings is 1. The lowest BCUT2D eigenvalue weighted by molar-refractivity contribution is -0.148. The number of fused-ring (bicyclic) bond motifs is 1. The zero-order chi connectivity index (χ0) is 18.4. The van der Waals surface area contributed by atoms with Crippen molar-refractivity contribution in [3.8, 4) is 5.00 Å². The van der Waals surface area contributed by atoms with E-state index in [1.165, 1.54) is 0 Å². The third kappa shape index (κ3) is 2.61. The largest absolute Gasteiger partial charge is 0.345 e. The monoisotopic (exact) mass is 372 g/mol. The molecule has 0 aliphatic carbocycles. The van der Waals surface area contributed by atoms with Crippen molar-refractivity contribution in [3.05, 3.63) is 40.5 Å². The van der Waals surface area contributed by atoms with Crippen molar-refractivity contribution in [1.82, 2.24) is 19.7 Å². The van der Waals surface area contributed by atoms with Crippen LogP contribution in [0.1, 0.15) is 20.8 Å². The predicted molar refractivity (Wildman–Crippen MR) is 97.5 cm³/mol. The lowest BCUT2D eigenvalue weighted by Gasteiger charge is -2.43. The Hall–Kier alpha value is -2.61. The van der Waals surface area contributed by atoms with Crippen LogP contribution in [0.5, 0.6) is 0 Å². The molecule has 8 heteroatoms. The van der Waals surface area contributed by atoms with E-state index in [2.05, 4.69) is 5.32 Å². The normalized spacial score (nSPS) is 20.2. The molecule has 1 atom stereocenters. The van der Waals surface area contributed by atoms with Gasteiger partial charge in [-0.3, -0.25) is 14.4 Å². The van der Waals surface area contributed by atoms with Crippen LogP contribution in [0.2, 0.25) is 0 Å². The van der Waals surface area contributed by atoms with Gasteiger partial charge in [-0.25, -0.2) is 0 Å². The van der Waals surface area contributed by atoms with Crippen LogP contribution in [0.3, 0.4) is 0 Å². The highest BCUT2D eigenvalue weighted by atomic mass is 32.1. The van der Waals surface area contributed by atoms with Gasteiger partial charge in [0, 0.05) is 30.4 Å². The highest BCUT2D eigenvalue weighted by Gasteiger charge is 2.40. The van der Waals surface area contributed by atoms with E-state index in [9.17, 15) is 14.4 Å². The van der Waals surface area contributed by atoms with Gasteiger partial charge in [-0.15, -0.1) is 11.3 Å². The minimum absolute atomic E-state index is 0.0455. The van der Waals surface area contributed by atoms with Gasteiger partial charge in [0.25, 0.3) is 5.91 Å². The van der Waals surface area contributed by atoms with E-state index >= 15 is 0 Å². The number of nitrogens with zero attached hydrogens (tertiary/aromatic N) is 3. The number of carbonyl (C=O) groups is 3. The topological polar surface area (TPSA) is 74.7 Å². The molecule has 0 bridgehead atoms. The van der Waals surface area contributed by atoms with Crippen molar-refractivity contribution in [2.75, 3.05) is 26.2 Å². The number of aromatic nitrogens is 1. The second kappa shape index (κ2) is 6.28. The summed E-state index contributed by atoms with van der Waals surface area (Å²) in [5.74, 6) is -0.357. The number of piperazine rings is 2. The highest BCUT2D eigenvalue weighted by Crippen LogP contribution is 2.32. The standard InChI is InChI=1S/C18H20N4O3S/c1-11-12(2)26-18(20-5-3-4-6-20)15(11)17(25)21-7-8-22-13(10-21)16(24)19-9-14(22)23/h3-6,13H,7-10H2,1-2H3,(H,19,24)/t13-/m1/s1. The summed E-state index contributed by atoms with van der Waals surface area (Å²) >= 11 is 1.59. The smallest absolute Gasteiger partial charge is 0.257 e. The quantitative estimate of drug-likeness (QED) is 0.853. The fourth-order valence-corrected chi connectivity index (χ4v) is 4.66. The van der Waals surface area contributed by atoms with Crippen molar-refractivity contribution >= 4 is 29.1 Å². The third-order valence-corrected chi connectivity index (χ3v) is 6.34. The average molecular weight is 372 g/mol. The Morgan fingerprint density at radius 2 is 1.92 bits per heavy atom. The predicted octanol–water partition coefficient (Wildman–Crippen LogP) is 0.938. The molecule has 0 spiro atoms. The average Bonchev–Trinajstić information content (AvgIpc) is 3.26. The zero-order valence-electron chi connectivity index (χ0n) is 14.7. The molecule has 3 amide bonds. The molecule has 7 nitrogen and oxygen atoms in total. The van der Waals surface area contributed by atoms with Crippen LogP contribution in [-0.2, 0) is 9.59 Å². The van der Waals surface area contributed by atoms with Crippen LogP contribution < -0.4 is 5.32 Å². The molecule has 2 aliphatic heterocycles. The van der Waals surface area contributed by atoms with Gasteiger partial charge in [-0.1, -0.05) is 0 Å². The molecule has 2 saturated heterocycles. The first kappa shape index (κ1) is 16.8. The third-order valence-electron chi connectivity index (χ3n) is 5.12. The SMILES string of the molecule is Cc1sc(-n2cccc2)c(C(=O)N2CCN3C(=O)CNC(=O)[C@H]3C2)c1C. The maximum atomic E-state index is 13.3. The van der Waals surface area contributed by atoms with E-state index in [0.717, 1.165) is 15.4 Å². The zero-order valence-corrected chi connectivity index (χ0v) is 15.5. The highest BCUT2D eigenvalue weighted by molar-refractivity contribution is 7.15. The fourth-order valence-electron chi connectivity index (χ4n) is 3.54. The van der Waals surface area contributed by atoms with E-state index < -0.39 is 6.04 Å². The Kier molecular flexibility index (Phi) is 4.07. The number of hydrogen-bond donors (Lipinski definition) is 1. The van der Waals surface area contributed by atoms with E-state index in [1.54, 1.807) is 21.1 Å². The van der Waals surface area contributed by atoms with E-state index in [4.69, 9.17) is 0 Å². The molecule has 0 aromatic carbocycles. The fraction of sp³-hybridized carbons (Fsp3) is 0.389. The lowest BCUT2D eigenvalue weighted by atomic mass is 10.1. The van der Waals surface area contributed by atoms with E-state index in [1.807, 2.05) is 42.9 Å². The van der Waals surface area contributed by atoms with Crippen LogP contribution in [0.25, 0.3) is 5.00 Å². The maximum absolute atomic E-state index is 13.3. The molecule has 2 aromatic heterocycles. The first-order chi connectivity index (χ1) is 12.5. The molecule has 0 saturated carbocycles. The number of nitrogens with one attached hydrogen (secondary N) is 1. The Balaban J connectivity index is 1.65. The summed E-state index contributed by atoms with van der Waals surface area (Å²) in [5, 5.41) is 3.50. The second-order valence-corrected chi connectivity index (χ2v) is 7.83. The number of hydrogen-bond acceptors (Lipinski definition) is 4. The van der Waals surface area contributed by atoms with Crippen molar-refractivity contribution in [2.24, 2.45) is 0 Å². The van der Waals surface area contributed by atoms with Gasteiger partial charge >= 0.3 is 0 Å². The molecule has 4 rings (SSSR count). The molecule has 26 heavy (non-hydrogen) atoms. The molecule has 0 radical (unpaired) electrons. The maximum Gasteiger partial charge on any atom is 0.257 e. The summed E-state index contributed by atoms with van der Waals surface area (Å²) in [6, 6.07) is 3.26. The van der Waals surface area contributed by atoms with Gasteiger partial charge in [-0.2, -0.15) is 0 Å². The van der Waals surface area contributed by atoms with Crippen molar-refractivity contribution in [3.63, 3.8) is 0 Å². The Bertz CT molecular complexity index is 887. The minimum atomic E-state index is -0.594. The number of aryl methyl sites for hydroxylation is 1. The van der Waals surface area contributed by atoms with Crippen molar-refractivity contribution in [2.45, 2.75) is 19.9 Å². The molecule has 2 aromatic rings. The molecular weight excluding hydrogens is 352 g/mol. The van der Waals surface area contributed by atoms with E-state index in [0.29, 0.717) is 18.7 Å². The Morgan fingerprint density at radius 3 is 2.65 bits per heavy atom. The Labute approximate surface area is 155 Å². The van der Waals surface area contributed by atoms with Crippen LogP contribution in [0.15, 0.2) is 24.5 Å². The molecular formula is C18H20N4O3S. The molecule has 2 aliphatic rings. The number of amides is 3. The summed E-state index contributed by atoms with van der Waals surface area (Å²) in [4.78, 5) is 41.8. The summed E-state index contributed by atoms with van der Waals surface area (Å²) in [6.07, 6.45) is 3.85. The first-order valence-electron chi connectivity index (χ1n) is 8.57. The summed E-state index contributed by atoms with van der Waals surface area (Å²) in [6.45, 7) is 5.07. The molecule has 2 fully saturated rings. The Morgan fingerprint density at radius 1 is 1.19 bits per heavy atom. The van der Waals surface area contributed by atoms with Crippen LogP contribution in [-0.4, -0.2) is 64.3 Å². The second-order valence-electron chi connectivity index (χ2n) is 6.63. The van der Waals surface area contributed by atoms with Gasteiger partial charge in [-0.05, 0) is 31.5 Å². The number of carbonyl (C=O) groups excluding carboxylic acids is 3. The van der Waals surface area contributed by atoms with Gasteiger partial charge in [0.05, 0.1) is 18.7 Å². The van der Waals surface area contributed by atoms with Gasteiger partial charge in [0.2, 0.25) is 11.8 Å². The van der Waals surface area contributed by atoms with Crippen molar-refractivity contribution in [1.29, 1.82) is 0 Å². The minimum Gasteiger partial charge on any atom is -0.345 e. The number of rotatable bonds is 2. The molecule has 4 heterocycles. The molecule has 1 N–H and O–H groups in total. The van der Waals surface area contributed by atoms with Gasteiger partial charge in [0.1, 0.15) is 11.0 Å². The van der Waals surface area contributed by atoms with E-state index in [-0.39, 0.29) is 30.8 Å². The summed E-state index contributed by atoms with van der Waals surface area (Å²) in [5.41, 5.74) is 1.65. The van der Waals surface area contributed by atoms with Crippen LogP contribution in [0.4, 0.5) is 0 Å². The van der Waals surface area contributed by atoms with Crippen LogP contribution >= 0.6 is 11.3 Å². The lowest BCUT2D eigenvalue weighted by Crippen LogP contribution is -2.66. The molecule has 136 valence electrons. The first-order valence-corrected chi connectivity index (χ1v) is 9.39. The molecule has 0 unspecified atom stereocenters. The summed E-state index contributed by atoms with van der Waals surface area (Å²) < 4.78 is 1.95. The van der Waals surface area contributed by atoms with Crippen molar-refractivity contribution < 1.29 is 14.4 Å². The van der Waals surface area contributed by atoms with Crippen LogP contribution in [0, 0.1) is 13.8 Å². The van der Waals surface area contributed by atoms with Gasteiger partial charge < -0.3 is 19.7 Å².